The average Bonchev–Trinajstić information content (AvgIpc) is 2.79. The highest BCUT2D eigenvalue weighted by Gasteiger charge is 2.12. The SMILES string of the molecule is c1csc(CCNCC2COCCO2)c1. The number of hydrogen-bond donors (Lipinski definition) is 1. The van der Waals surface area contributed by atoms with Crippen molar-refractivity contribution >= 4 is 11.3 Å². The third kappa shape index (κ3) is 3.91. The van der Waals surface area contributed by atoms with Crippen molar-refractivity contribution in [2.45, 2.75) is 12.5 Å². The number of hydrogen-bond acceptors (Lipinski definition) is 4. The minimum atomic E-state index is 0.238. The molecule has 0 radical (unpaired) electrons. The molecule has 1 atom stereocenters. The van der Waals surface area contributed by atoms with Crippen LogP contribution in [-0.4, -0.2) is 39.0 Å². The number of nitrogens with one attached hydrogen (secondary N) is 1. The Morgan fingerprint density at radius 2 is 2.47 bits per heavy atom. The van der Waals surface area contributed by atoms with Crippen molar-refractivity contribution in [3.05, 3.63) is 22.4 Å². The fourth-order valence-corrected chi connectivity index (χ4v) is 2.29. The van der Waals surface area contributed by atoms with Gasteiger partial charge in [0, 0.05) is 18.0 Å². The lowest BCUT2D eigenvalue weighted by Crippen LogP contribution is -2.37. The van der Waals surface area contributed by atoms with E-state index in [0.29, 0.717) is 0 Å². The van der Waals surface area contributed by atoms with E-state index in [-0.39, 0.29) is 6.10 Å². The van der Waals surface area contributed by atoms with Crippen LogP contribution in [-0.2, 0) is 15.9 Å². The van der Waals surface area contributed by atoms with Crippen molar-refractivity contribution in [3.63, 3.8) is 0 Å². The number of ether oxygens (including phenoxy) is 2. The molecule has 4 heteroatoms. The van der Waals surface area contributed by atoms with Crippen LogP contribution in [0.1, 0.15) is 4.88 Å². The van der Waals surface area contributed by atoms with Gasteiger partial charge < -0.3 is 14.8 Å². The Morgan fingerprint density at radius 3 is 3.20 bits per heavy atom. The first-order valence-corrected chi connectivity index (χ1v) is 6.25. The van der Waals surface area contributed by atoms with Crippen LogP contribution in [0.2, 0.25) is 0 Å². The minimum absolute atomic E-state index is 0.238. The lowest BCUT2D eigenvalue weighted by molar-refractivity contribution is -0.0862. The molecule has 2 rings (SSSR count). The molecule has 1 aliphatic heterocycles. The molecule has 1 saturated heterocycles. The molecule has 0 amide bonds. The first-order chi connectivity index (χ1) is 7.45. The Kier molecular flexibility index (Phi) is 4.60. The summed E-state index contributed by atoms with van der Waals surface area (Å²) < 4.78 is 10.9. The summed E-state index contributed by atoms with van der Waals surface area (Å²) >= 11 is 1.81. The van der Waals surface area contributed by atoms with E-state index >= 15 is 0 Å². The van der Waals surface area contributed by atoms with Crippen LogP contribution in [0.25, 0.3) is 0 Å². The number of rotatable bonds is 5. The molecule has 84 valence electrons. The predicted octanol–water partition coefficient (Wildman–Crippen LogP) is 1.30. The zero-order chi connectivity index (χ0) is 10.3. The van der Waals surface area contributed by atoms with Gasteiger partial charge in [-0.2, -0.15) is 0 Å². The monoisotopic (exact) mass is 227 g/mol. The third-order valence-corrected chi connectivity index (χ3v) is 3.32. The van der Waals surface area contributed by atoms with Gasteiger partial charge >= 0.3 is 0 Å². The highest BCUT2D eigenvalue weighted by atomic mass is 32.1. The van der Waals surface area contributed by atoms with Crippen LogP contribution in [0.3, 0.4) is 0 Å². The molecular weight excluding hydrogens is 210 g/mol. The Morgan fingerprint density at radius 1 is 1.47 bits per heavy atom. The minimum Gasteiger partial charge on any atom is -0.376 e. The van der Waals surface area contributed by atoms with Crippen LogP contribution < -0.4 is 5.32 Å². The zero-order valence-electron chi connectivity index (χ0n) is 8.78. The van der Waals surface area contributed by atoms with Crippen LogP contribution in [0.5, 0.6) is 0 Å². The molecule has 3 nitrogen and oxygen atoms in total. The van der Waals surface area contributed by atoms with E-state index in [9.17, 15) is 0 Å². The molecule has 15 heavy (non-hydrogen) atoms. The maximum atomic E-state index is 5.53. The molecule has 0 aliphatic carbocycles. The summed E-state index contributed by atoms with van der Waals surface area (Å²) in [6.07, 6.45) is 1.34. The van der Waals surface area contributed by atoms with Crippen LogP contribution in [0, 0.1) is 0 Å². The van der Waals surface area contributed by atoms with E-state index in [1.54, 1.807) is 0 Å². The molecular formula is C11H17NO2S. The molecule has 1 fully saturated rings. The highest BCUT2D eigenvalue weighted by molar-refractivity contribution is 7.09. The van der Waals surface area contributed by atoms with Gasteiger partial charge in [0.1, 0.15) is 0 Å². The van der Waals surface area contributed by atoms with Gasteiger partial charge in [-0.1, -0.05) is 6.07 Å². The molecule has 1 aliphatic rings. The summed E-state index contributed by atoms with van der Waals surface area (Å²) in [5.41, 5.74) is 0. The molecule has 1 unspecified atom stereocenters. The van der Waals surface area contributed by atoms with Crippen LogP contribution >= 0.6 is 11.3 Å². The fraction of sp³-hybridized carbons (Fsp3) is 0.636. The molecule has 0 bridgehead atoms. The van der Waals surface area contributed by atoms with E-state index in [1.165, 1.54) is 4.88 Å². The highest BCUT2D eigenvalue weighted by Crippen LogP contribution is 2.08. The first-order valence-electron chi connectivity index (χ1n) is 5.37. The summed E-state index contributed by atoms with van der Waals surface area (Å²) in [5, 5.41) is 5.51. The Bertz CT molecular complexity index is 258. The standard InChI is InChI=1S/C11H17NO2S/c1-2-11(15-7-1)3-4-12-8-10-9-13-5-6-14-10/h1-2,7,10,12H,3-6,8-9H2. The van der Waals surface area contributed by atoms with E-state index in [0.717, 1.165) is 39.3 Å². The summed E-state index contributed by atoms with van der Waals surface area (Å²) in [6.45, 7) is 4.11. The smallest absolute Gasteiger partial charge is 0.0933 e. The molecule has 1 aromatic rings. The summed E-state index contributed by atoms with van der Waals surface area (Å²) in [5.74, 6) is 0. The van der Waals surface area contributed by atoms with E-state index < -0.39 is 0 Å². The summed E-state index contributed by atoms with van der Waals surface area (Å²) in [4.78, 5) is 1.43. The fourth-order valence-electron chi connectivity index (χ4n) is 1.58. The largest absolute Gasteiger partial charge is 0.376 e. The molecule has 1 aromatic heterocycles. The van der Waals surface area contributed by atoms with Gasteiger partial charge in [0.05, 0.1) is 25.9 Å². The second kappa shape index (κ2) is 6.23. The Balaban J connectivity index is 1.54. The Hall–Kier alpha value is -0.420. The van der Waals surface area contributed by atoms with E-state index in [2.05, 4.69) is 22.8 Å². The average molecular weight is 227 g/mol. The van der Waals surface area contributed by atoms with E-state index in [4.69, 9.17) is 9.47 Å². The molecule has 0 saturated carbocycles. The zero-order valence-corrected chi connectivity index (χ0v) is 9.59. The first kappa shape index (κ1) is 11.1. The maximum absolute atomic E-state index is 5.53. The quantitative estimate of drug-likeness (QED) is 0.769. The van der Waals surface area contributed by atoms with Gasteiger partial charge in [0.15, 0.2) is 0 Å². The van der Waals surface area contributed by atoms with Gasteiger partial charge in [-0.25, -0.2) is 0 Å². The maximum Gasteiger partial charge on any atom is 0.0933 e. The van der Waals surface area contributed by atoms with Gasteiger partial charge in [-0.05, 0) is 17.9 Å². The lowest BCUT2D eigenvalue weighted by Gasteiger charge is -2.23. The van der Waals surface area contributed by atoms with Gasteiger partial charge in [-0.15, -0.1) is 11.3 Å². The molecule has 0 spiro atoms. The predicted molar refractivity (Wildman–Crippen MR) is 61.5 cm³/mol. The normalized spacial score (nSPS) is 21.7. The van der Waals surface area contributed by atoms with Crippen molar-refractivity contribution < 1.29 is 9.47 Å². The van der Waals surface area contributed by atoms with Gasteiger partial charge in [-0.3, -0.25) is 0 Å². The van der Waals surface area contributed by atoms with Crippen LogP contribution in [0.15, 0.2) is 17.5 Å². The van der Waals surface area contributed by atoms with Crippen molar-refractivity contribution in [1.82, 2.24) is 5.32 Å². The van der Waals surface area contributed by atoms with Gasteiger partial charge in [0.2, 0.25) is 0 Å². The van der Waals surface area contributed by atoms with Crippen molar-refractivity contribution in [2.24, 2.45) is 0 Å². The summed E-state index contributed by atoms with van der Waals surface area (Å²) in [6, 6.07) is 4.27. The van der Waals surface area contributed by atoms with E-state index in [1.807, 2.05) is 11.3 Å². The third-order valence-electron chi connectivity index (χ3n) is 2.39. The Labute approximate surface area is 94.4 Å². The van der Waals surface area contributed by atoms with Crippen molar-refractivity contribution in [3.8, 4) is 0 Å². The van der Waals surface area contributed by atoms with Gasteiger partial charge in [0.25, 0.3) is 0 Å². The summed E-state index contributed by atoms with van der Waals surface area (Å²) in [7, 11) is 0. The van der Waals surface area contributed by atoms with Crippen LogP contribution in [0.4, 0.5) is 0 Å². The second-order valence-electron chi connectivity index (χ2n) is 3.60. The molecule has 0 aromatic carbocycles. The van der Waals surface area contributed by atoms with Crippen molar-refractivity contribution in [2.75, 3.05) is 32.9 Å². The second-order valence-corrected chi connectivity index (χ2v) is 4.63. The van der Waals surface area contributed by atoms with Crippen molar-refractivity contribution in [1.29, 1.82) is 0 Å². The lowest BCUT2D eigenvalue weighted by atomic mass is 10.3. The molecule has 2 heterocycles. The number of thiophene rings is 1. The topological polar surface area (TPSA) is 30.5 Å². The molecule has 1 N–H and O–H groups in total.